The number of rotatable bonds is 5. The van der Waals surface area contributed by atoms with Gasteiger partial charge in [-0.2, -0.15) is 8.42 Å². The number of hydrogen-bond donors (Lipinski definition) is 1. The van der Waals surface area contributed by atoms with Crippen molar-refractivity contribution in [1.82, 2.24) is 10.3 Å². The Morgan fingerprint density at radius 2 is 2.04 bits per heavy atom. The molecule has 1 N–H and O–H groups in total. The number of thiazole rings is 1. The Labute approximate surface area is 141 Å². The molecule has 1 aromatic rings. The number of nitrogens with one attached hydrogen (secondary N) is 1. The molecule has 2 heterocycles. The van der Waals surface area contributed by atoms with Gasteiger partial charge in [0.05, 0.1) is 6.26 Å². The molecule has 0 spiro atoms. The smallest absolute Gasteiger partial charge is 0.264 e. The van der Waals surface area contributed by atoms with Crippen molar-refractivity contribution >= 4 is 33.0 Å². The van der Waals surface area contributed by atoms with Crippen LogP contribution in [0.1, 0.15) is 32.1 Å². The Hall–Kier alpha value is -1.19. The molecule has 9 heteroatoms. The fraction of sp³-hybridized carbons (Fsp3) is 0.714. The SMILES string of the molecule is CS(=O)(=O)OC1CN(c2nccs2)C1.O=CNC1CCCCC1. The molecule has 23 heavy (non-hydrogen) atoms. The molecule has 1 aliphatic heterocycles. The molecule has 1 amide bonds. The molecule has 1 saturated heterocycles. The lowest BCUT2D eigenvalue weighted by Gasteiger charge is -2.37. The molecule has 0 unspecified atom stereocenters. The monoisotopic (exact) mass is 361 g/mol. The first-order chi connectivity index (χ1) is 11.0. The van der Waals surface area contributed by atoms with E-state index in [1.165, 1.54) is 43.4 Å². The lowest BCUT2D eigenvalue weighted by molar-refractivity contribution is -0.110. The minimum absolute atomic E-state index is 0.214. The Morgan fingerprint density at radius 1 is 1.35 bits per heavy atom. The van der Waals surface area contributed by atoms with Crippen LogP contribution in [0.25, 0.3) is 0 Å². The van der Waals surface area contributed by atoms with Crippen LogP contribution in [0.5, 0.6) is 0 Å². The van der Waals surface area contributed by atoms with E-state index in [0.717, 1.165) is 17.8 Å². The van der Waals surface area contributed by atoms with Gasteiger partial charge in [0, 0.05) is 30.7 Å². The van der Waals surface area contributed by atoms with Gasteiger partial charge in [0.15, 0.2) is 5.13 Å². The maximum atomic E-state index is 10.8. The van der Waals surface area contributed by atoms with E-state index in [0.29, 0.717) is 19.1 Å². The molecule has 130 valence electrons. The van der Waals surface area contributed by atoms with Crippen molar-refractivity contribution in [3.63, 3.8) is 0 Å². The van der Waals surface area contributed by atoms with E-state index in [-0.39, 0.29) is 6.10 Å². The highest BCUT2D eigenvalue weighted by Gasteiger charge is 2.31. The lowest BCUT2D eigenvalue weighted by atomic mass is 9.96. The number of aromatic nitrogens is 1. The summed E-state index contributed by atoms with van der Waals surface area (Å²) in [4.78, 5) is 16.1. The van der Waals surface area contributed by atoms with Gasteiger partial charge in [-0.05, 0) is 12.8 Å². The van der Waals surface area contributed by atoms with E-state index in [4.69, 9.17) is 4.18 Å². The topological polar surface area (TPSA) is 88.6 Å². The van der Waals surface area contributed by atoms with Gasteiger partial charge in [-0.3, -0.25) is 8.98 Å². The fourth-order valence-corrected chi connectivity index (χ4v) is 3.92. The average molecular weight is 361 g/mol. The van der Waals surface area contributed by atoms with Gasteiger partial charge in [-0.25, -0.2) is 4.98 Å². The van der Waals surface area contributed by atoms with Crippen LogP contribution >= 0.6 is 11.3 Å². The molecule has 1 aliphatic carbocycles. The van der Waals surface area contributed by atoms with E-state index in [9.17, 15) is 13.2 Å². The predicted octanol–water partition coefficient (Wildman–Crippen LogP) is 1.37. The number of carbonyl (C=O) groups excluding carboxylic acids is 1. The summed E-state index contributed by atoms with van der Waals surface area (Å²) in [6, 6.07) is 0.483. The third-order valence-electron chi connectivity index (χ3n) is 3.76. The minimum atomic E-state index is -3.32. The summed E-state index contributed by atoms with van der Waals surface area (Å²) in [5.41, 5.74) is 0. The number of anilines is 1. The largest absolute Gasteiger partial charge is 0.356 e. The highest BCUT2D eigenvalue weighted by molar-refractivity contribution is 7.86. The van der Waals surface area contributed by atoms with Crippen LogP contribution in [0, 0.1) is 0 Å². The van der Waals surface area contributed by atoms with Crippen LogP contribution in [0.4, 0.5) is 5.13 Å². The van der Waals surface area contributed by atoms with Crippen LogP contribution in [-0.4, -0.2) is 51.3 Å². The van der Waals surface area contributed by atoms with Gasteiger partial charge in [-0.15, -0.1) is 11.3 Å². The molecule has 2 fully saturated rings. The van der Waals surface area contributed by atoms with Crippen LogP contribution in [0.2, 0.25) is 0 Å². The normalized spacial score (nSPS) is 19.4. The summed E-state index contributed by atoms with van der Waals surface area (Å²) >= 11 is 1.54. The van der Waals surface area contributed by atoms with E-state index < -0.39 is 10.1 Å². The van der Waals surface area contributed by atoms with E-state index in [1.807, 2.05) is 10.3 Å². The Bertz CT molecular complexity index is 565. The van der Waals surface area contributed by atoms with Crippen molar-refractivity contribution < 1.29 is 17.4 Å². The first-order valence-corrected chi connectivity index (χ1v) is 10.4. The standard InChI is InChI=1S/C7H10N2O3S2.C7H13NO/c1-14(10,11)12-6-4-9(5-6)7-8-2-3-13-7;9-6-8-7-4-2-1-3-5-7/h2-3,6H,4-5H2,1H3;6-7H,1-5H2,(H,8,9). The molecule has 0 atom stereocenters. The van der Waals surface area contributed by atoms with Crippen LogP contribution in [-0.2, 0) is 19.1 Å². The van der Waals surface area contributed by atoms with Crippen molar-refractivity contribution in [2.75, 3.05) is 24.2 Å². The summed E-state index contributed by atoms with van der Waals surface area (Å²) in [7, 11) is -3.32. The molecular weight excluding hydrogens is 338 g/mol. The molecule has 2 aliphatic rings. The van der Waals surface area contributed by atoms with Crippen molar-refractivity contribution in [2.24, 2.45) is 0 Å². The summed E-state index contributed by atoms with van der Waals surface area (Å²) < 4.78 is 26.4. The highest BCUT2D eigenvalue weighted by atomic mass is 32.2. The lowest BCUT2D eigenvalue weighted by Crippen LogP contribution is -2.52. The van der Waals surface area contributed by atoms with Crippen molar-refractivity contribution in [1.29, 1.82) is 0 Å². The molecule has 3 rings (SSSR count). The van der Waals surface area contributed by atoms with Crippen molar-refractivity contribution in [3.05, 3.63) is 11.6 Å². The maximum Gasteiger partial charge on any atom is 0.264 e. The molecule has 0 bridgehead atoms. The number of carbonyl (C=O) groups is 1. The number of nitrogens with zero attached hydrogens (tertiary/aromatic N) is 2. The van der Waals surface area contributed by atoms with E-state index >= 15 is 0 Å². The van der Waals surface area contributed by atoms with Crippen LogP contribution in [0.15, 0.2) is 11.6 Å². The molecule has 0 aromatic carbocycles. The van der Waals surface area contributed by atoms with Gasteiger partial charge >= 0.3 is 0 Å². The second-order valence-corrected chi connectivity index (χ2v) is 8.24. The summed E-state index contributed by atoms with van der Waals surface area (Å²) in [5.74, 6) is 0. The van der Waals surface area contributed by atoms with E-state index in [2.05, 4.69) is 10.3 Å². The first kappa shape index (κ1) is 18.2. The zero-order valence-electron chi connectivity index (χ0n) is 13.2. The Balaban J connectivity index is 0.000000185. The van der Waals surface area contributed by atoms with Gasteiger partial charge in [0.25, 0.3) is 10.1 Å². The van der Waals surface area contributed by atoms with E-state index in [1.54, 1.807) is 6.20 Å². The minimum Gasteiger partial charge on any atom is -0.356 e. The van der Waals surface area contributed by atoms with Crippen LogP contribution < -0.4 is 10.2 Å². The summed E-state index contributed by atoms with van der Waals surface area (Å²) in [6.07, 6.45) is 9.67. The van der Waals surface area contributed by atoms with Gasteiger partial charge in [-0.1, -0.05) is 19.3 Å². The predicted molar refractivity (Wildman–Crippen MR) is 90.1 cm³/mol. The molecular formula is C14H23N3O4S2. The molecule has 0 radical (unpaired) electrons. The Kier molecular flexibility index (Phi) is 6.79. The molecule has 1 saturated carbocycles. The van der Waals surface area contributed by atoms with Crippen molar-refractivity contribution in [3.8, 4) is 0 Å². The zero-order chi connectivity index (χ0) is 16.7. The maximum absolute atomic E-state index is 10.8. The van der Waals surface area contributed by atoms with Gasteiger partial charge < -0.3 is 10.2 Å². The quantitative estimate of drug-likeness (QED) is 0.629. The average Bonchev–Trinajstić information content (AvgIpc) is 2.97. The third-order valence-corrected chi connectivity index (χ3v) is 5.21. The fourth-order valence-electron chi connectivity index (χ4n) is 2.64. The third kappa shape index (κ3) is 6.44. The highest BCUT2D eigenvalue weighted by Crippen LogP contribution is 2.24. The first-order valence-electron chi connectivity index (χ1n) is 7.70. The second kappa shape index (κ2) is 8.60. The summed E-state index contributed by atoms with van der Waals surface area (Å²) in [5, 5.41) is 5.61. The zero-order valence-corrected chi connectivity index (χ0v) is 14.8. The number of amides is 1. The van der Waals surface area contributed by atoms with Crippen molar-refractivity contribution in [2.45, 2.75) is 44.2 Å². The summed E-state index contributed by atoms with van der Waals surface area (Å²) in [6.45, 7) is 1.20. The molecule has 1 aromatic heterocycles. The Morgan fingerprint density at radius 3 is 2.57 bits per heavy atom. The number of hydrogen-bond acceptors (Lipinski definition) is 7. The van der Waals surface area contributed by atoms with Gasteiger partial charge in [0.2, 0.25) is 6.41 Å². The van der Waals surface area contributed by atoms with Crippen LogP contribution in [0.3, 0.4) is 0 Å². The van der Waals surface area contributed by atoms with Gasteiger partial charge in [0.1, 0.15) is 6.10 Å². The second-order valence-electron chi connectivity index (χ2n) is 5.76. The molecule has 7 nitrogen and oxygen atoms in total.